The Morgan fingerprint density at radius 2 is 0.814 bits per heavy atom. The van der Waals surface area contributed by atoms with Crippen LogP contribution in [0.5, 0.6) is 0 Å². The molecular weight excluding hydrogens is 558 g/mol. The molecule has 0 radical (unpaired) electrons. The second kappa shape index (κ2) is 23.3. The summed E-state index contributed by atoms with van der Waals surface area (Å²) < 4.78 is 28.4. The van der Waals surface area contributed by atoms with E-state index in [4.69, 9.17) is 23.7 Å². The van der Waals surface area contributed by atoms with Crippen molar-refractivity contribution in [3.8, 4) is 0 Å². The summed E-state index contributed by atoms with van der Waals surface area (Å²) in [5, 5.41) is 2.97. The maximum Gasteiger partial charge on any atom is 0.222 e. The second-order valence-electron chi connectivity index (χ2n) is 12.1. The third-order valence-corrected chi connectivity index (χ3v) is 6.68. The van der Waals surface area contributed by atoms with Gasteiger partial charge < -0.3 is 29.0 Å². The van der Waals surface area contributed by atoms with Gasteiger partial charge in [0.25, 0.3) is 0 Å². The van der Waals surface area contributed by atoms with E-state index in [0.29, 0.717) is 0 Å². The molecule has 0 fully saturated rings. The molecule has 0 aliphatic rings. The van der Waals surface area contributed by atoms with Gasteiger partial charge >= 0.3 is 0 Å². The number of hydrogen-bond donors (Lipinski definition) is 1. The highest BCUT2D eigenvalue weighted by atomic mass is 16.5. The van der Waals surface area contributed by atoms with E-state index in [1.807, 2.05) is 55.4 Å². The minimum Gasteiger partial charge on any atom is -0.379 e. The van der Waals surface area contributed by atoms with Crippen LogP contribution in [0, 0.1) is 23.7 Å². The highest BCUT2D eigenvalue weighted by Crippen LogP contribution is 2.13. The van der Waals surface area contributed by atoms with Gasteiger partial charge in [-0.15, -0.1) is 0 Å². The number of carbonyl (C=O) groups is 5. The zero-order chi connectivity index (χ0) is 32.8. The number of amides is 1. The van der Waals surface area contributed by atoms with E-state index >= 15 is 0 Å². The minimum atomic E-state index is -1.12. The molecule has 0 aromatic carbocycles. The van der Waals surface area contributed by atoms with Crippen molar-refractivity contribution >= 4 is 29.0 Å². The van der Waals surface area contributed by atoms with Crippen LogP contribution in [0.25, 0.3) is 0 Å². The predicted octanol–water partition coefficient (Wildman–Crippen LogP) is 3.39. The molecule has 0 rings (SSSR count). The number of rotatable bonds is 28. The monoisotopic (exact) mass is 615 g/mol. The second-order valence-corrected chi connectivity index (χ2v) is 12.1. The van der Waals surface area contributed by atoms with Gasteiger partial charge in [0, 0.05) is 49.4 Å². The van der Waals surface area contributed by atoms with Crippen LogP contribution >= 0.6 is 0 Å². The number of hydrogen-bond acceptors (Lipinski definition) is 10. The first-order valence-corrected chi connectivity index (χ1v) is 15.5. The zero-order valence-electron chi connectivity index (χ0n) is 27.8. The van der Waals surface area contributed by atoms with Crippen LogP contribution in [-0.4, -0.2) is 101 Å². The Balaban J connectivity index is 5.30. The van der Waals surface area contributed by atoms with Crippen LogP contribution in [0.1, 0.15) is 81.1 Å². The number of ketones is 4. The van der Waals surface area contributed by atoms with Crippen LogP contribution in [0.15, 0.2) is 0 Å². The molecule has 0 aromatic heterocycles. The molecule has 0 aliphatic carbocycles. The minimum absolute atomic E-state index is 0.00105. The lowest BCUT2D eigenvalue weighted by atomic mass is 10.0. The van der Waals surface area contributed by atoms with E-state index in [-0.39, 0.29) is 144 Å². The Morgan fingerprint density at radius 3 is 1.19 bits per heavy atom. The summed E-state index contributed by atoms with van der Waals surface area (Å²) >= 11 is 0. The Bertz CT molecular complexity index is 769. The van der Waals surface area contributed by atoms with Crippen molar-refractivity contribution < 1.29 is 47.7 Å². The molecule has 11 heteroatoms. The summed E-state index contributed by atoms with van der Waals surface area (Å²) in [7, 11) is 0. The van der Waals surface area contributed by atoms with Crippen molar-refractivity contribution in [3.63, 3.8) is 0 Å². The zero-order valence-corrected chi connectivity index (χ0v) is 27.8. The predicted molar refractivity (Wildman–Crippen MR) is 163 cm³/mol. The topological polar surface area (TPSA) is 144 Å². The highest BCUT2D eigenvalue weighted by molar-refractivity contribution is 5.82. The van der Waals surface area contributed by atoms with Gasteiger partial charge in [-0.3, -0.25) is 24.0 Å². The Hall–Kier alpha value is -2.05. The fraction of sp³-hybridized carbons (Fsp3) is 0.844. The first-order valence-electron chi connectivity index (χ1n) is 15.5. The Morgan fingerprint density at radius 1 is 0.465 bits per heavy atom. The fourth-order valence-corrected chi connectivity index (χ4v) is 3.50. The smallest absolute Gasteiger partial charge is 0.222 e. The molecule has 0 atom stereocenters. The summed E-state index contributed by atoms with van der Waals surface area (Å²) in [4.78, 5) is 60.9. The lowest BCUT2D eigenvalue weighted by molar-refractivity contribution is -0.132. The fourth-order valence-electron chi connectivity index (χ4n) is 3.50. The van der Waals surface area contributed by atoms with Gasteiger partial charge in [0.1, 0.15) is 29.5 Å². The van der Waals surface area contributed by atoms with E-state index in [1.54, 1.807) is 0 Å². The van der Waals surface area contributed by atoms with Gasteiger partial charge in [0.05, 0.1) is 59.5 Å². The maximum absolute atomic E-state index is 13.0. The number of nitrogens with one attached hydrogen (secondary N) is 1. The molecule has 0 unspecified atom stereocenters. The molecule has 1 N–H and O–H groups in total. The standard InChI is InChI=1S/C32H57NO10/c1-23(2)27(34)9-13-41-20-32(21-42-14-10-28(35)24(3)4,22-43-15-11-29(36)25(5)6)33-31(38)12-16-39-17-18-40-19-30(37)26(7)8/h23-26H,9-22H2,1-8H3,(H,33,38). The lowest BCUT2D eigenvalue weighted by Crippen LogP contribution is -2.59. The van der Waals surface area contributed by atoms with E-state index in [1.165, 1.54) is 0 Å². The summed E-state index contributed by atoms with van der Waals surface area (Å²) in [5.74, 6) is -0.555. The number of ether oxygens (including phenoxy) is 5. The van der Waals surface area contributed by atoms with Crippen LogP contribution in [0.4, 0.5) is 0 Å². The molecule has 0 bridgehead atoms. The molecule has 11 nitrogen and oxygen atoms in total. The molecule has 0 heterocycles. The molecule has 43 heavy (non-hydrogen) atoms. The summed E-state index contributed by atoms with van der Waals surface area (Å²) in [5.41, 5.74) is -1.12. The molecule has 0 aliphatic heterocycles. The van der Waals surface area contributed by atoms with Gasteiger partial charge in [-0.05, 0) is 0 Å². The molecule has 0 saturated carbocycles. The van der Waals surface area contributed by atoms with Crippen LogP contribution in [0.2, 0.25) is 0 Å². The number of carbonyl (C=O) groups excluding carboxylic acids is 5. The van der Waals surface area contributed by atoms with Crippen molar-refractivity contribution in [1.29, 1.82) is 0 Å². The lowest BCUT2D eigenvalue weighted by Gasteiger charge is -2.34. The average molecular weight is 616 g/mol. The van der Waals surface area contributed by atoms with Gasteiger partial charge in [0.2, 0.25) is 5.91 Å². The third kappa shape index (κ3) is 20.5. The summed E-state index contributed by atoms with van der Waals surface area (Å²) in [6.07, 6.45) is 0.728. The van der Waals surface area contributed by atoms with Crippen molar-refractivity contribution in [2.24, 2.45) is 23.7 Å². The Kier molecular flexibility index (Phi) is 22.2. The number of Topliss-reactive ketones (excluding diaryl/α,β-unsaturated/α-hetero) is 4. The molecule has 0 saturated heterocycles. The van der Waals surface area contributed by atoms with Crippen LogP contribution in [0.3, 0.4) is 0 Å². The van der Waals surface area contributed by atoms with E-state index < -0.39 is 5.54 Å². The SMILES string of the molecule is CC(C)C(=O)CCOCC(COCCC(=O)C(C)C)(COCCC(=O)C(C)C)NC(=O)CCOCCOCC(=O)C(C)C. The average Bonchev–Trinajstić information content (AvgIpc) is 2.94. The van der Waals surface area contributed by atoms with Crippen molar-refractivity contribution in [2.75, 3.05) is 66.1 Å². The molecular formula is C32H57NO10. The molecule has 250 valence electrons. The Labute approximate surface area is 258 Å². The molecule has 0 aromatic rings. The van der Waals surface area contributed by atoms with Gasteiger partial charge in [0.15, 0.2) is 5.78 Å². The van der Waals surface area contributed by atoms with Crippen molar-refractivity contribution in [2.45, 2.75) is 86.6 Å². The van der Waals surface area contributed by atoms with E-state index in [9.17, 15) is 24.0 Å². The third-order valence-electron chi connectivity index (χ3n) is 6.68. The molecule has 0 spiro atoms. The van der Waals surface area contributed by atoms with Crippen LogP contribution in [-0.2, 0) is 47.7 Å². The van der Waals surface area contributed by atoms with E-state index in [0.717, 1.165) is 0 Å². The van der Waals surface area contributed by atoms with Crippen molar-refractivity contribution in [1.82, 2.24) is 5.32 Å². The van der Waals surface area contributed by atoms with Crippen LogP contribution < -0.4 is 5.32 Å². The largest absolute Gasteiger partial charge is 0.379 e. The first-order chi connectivity index (χ1) is 20.2. The van der Waals surface area contributed by atoms with Crippen molar-refractivity contribution in [3.05, 3.63) is 0 Å². The quantitative estimate of drug-likeness (QED) is 0.130. The van der Waals surface area contributed by atoms with Gasteiger partial charge in [-0.2, -0.15) is 0 Å². The first kappa shape index (κ1) is 41.0. The maximum atomic E-state index is 13.0. The molecule has 1 amide bonds. The summed E-state index contributed by atoms with van der Waals surface area (Å²) in [6.45, 7) is 15.7. The normalized spacial score (nSPS) is 12.0. The summed E-state index contributed by atoms with van der Waals surface area (Å²) in [6, 6.07) is 0. The highest BCUT2D eigenvalue weighted by Gasteiger charge is 2.34. The van der Waals surface area contributed by atoms with Gasteiger partial charge in [-0.1, -0.05) is 55.4 Å². The van der Waals surface area contributed by atoms with E-state index in [2.05, 4.69) is 5.32 Å². The van der Waals surface area contributed by atoms with Gasteiger partial charge in [-0.25, -0.2) is 0 Å².